The SMILES string of the molecule is COc1ccc2c(c1)CC(C)(C)C2. The van der Waals surface area contributed by atoms with Crippen LogP contribution >= 0.6 is 0 Å². The number of hydrogen-bond donors (Lipinski definition) is 0. The van der Waals surface area contributed by atoms with Crippen molar-refractivity contribution in [3.8, 4) is 5.75 Å². The van der Waals surface area contributed by atoms with Crippen molar-refractivity contribution in [1.29, 1.82) is 0 Å². The van der Waals surface area contributed by atoms with E-state index in [0.717, 1.165) is 5.75 Å². The summed E-state index contributed by atoms with van der Waals surface area (Å²) in [5, 5.41) is 0. The Morgan fingerprint density at radius 1 is 1.15 bits per heavy atom. The van der Waals surface area contributed by atoms with Crippen molar-refractivity contribution >= 4 is 0 Å². The molecule has 0 atom stereocenters. The van der Waals surface area contributed by atoms with Crippen LogP contribution in [0.25, 0.3) is 0 Å². The molecule has 2 rings (SSSR count). The van der Waals surface area contributed by atoms with E-state index in [1.54, 1.807) is 7.11 Å². The van der Waals surface area contributed by atoms with Crippen molar-refractivity contribution in [1.82, 2.24) is 0 Å². The molecule has 0 spiro atoms. The second-order valence-electron chi connectivity index (χ2n) is 4.65. The van der Waals surface area contributed by atoms with Crippen LogP contribution in [0.1, 0.15) is 25.0 Å². The highest BCUT2D eigenvalue weighted by atomic mass is 16.5. The lowest BCUT2D eigenvalue weighted by molar-refractivity contribution is 0.392. The highest BCUT2D eigenvalue weighted by molar-refractivity contribution is 5.40. The van der Waals surface area contributed by atoms with Gasteiger partial charge in [0.25, 0.3) is 0 Å². The van der Waals surface area contributed by atoms with E-state index >= 15 is 0 Å². The average molecular weight is 176 g/mol. The minimum atomic E-state index is 0.439. The van der Waals surface area contributed by atoms with Gasteiger partial charge in [-0.3, -0.25) is 0 Å². The summed E-state index contributed by atoms with van der Waals surface area (Å²) >= 11 is 0. The highest BCUT2D eigenvalue weighted by Gasteiger charge is 2.28. The largest absolute Gasteiger partial charge is 0.497 e. The molecule has 0 bridgehead atoms. The topological polar surface area (TPSA) is 9.23 Å². The Morgan fingerprint density at radius 2 is 1.85 bits per heavy atom. The summed E-state index contributed by atoms with van der Waals surface area (Å²) in [6.07, 6.45) is 2.38. The molecule has 1 heteroatoms. The molecule has 13 heavy (non-hydrogen) atoms. The average Bonchev–Trinajstić information content (AvgIpc) is 2.36. The van der Waals surface area contributed by atoms with Gasteiger partial charge in [0, 0.05) is 0 Å². The maximum atomic E-state index is 5.21. The molecule has 0 fully saturated rings. The fourth-order valence-corrected chi connectivity index (χ4v) is 2.16. The summed E-state index contributed by atoms with van der Waals surface area (Å²) in [6.45, 7) is 4.64. The van der Waals surface area contributed by atoms with Crippen molar-refractivity contribution in [2.75, 3.05) is 7.11 Å². The number of benzene rings is 1. The standard InChI is InChI=1S/C12H16O/c1-12(2)7-9-4-5-11(13-3)6-10(9)8-12/h4-6H,7-8H2,1-3H3. The lowest BCUT2D eigenvalue weighted by Gasteiger charge is -2.14. The van der Waals surface area contributed by atoms with Gasteiger partial charge in [0.1, 0.15) is 5.75 Å². The van der Waals surface area contributed by atoms with Gasteiger partial charge in [0.15, 0.2) is 0 Å². The summed E-state index contributed by atoms with van der Waals surface area (Å²) in [5.74, 6) is 0.983. The molecule has 1 nitrogen and oxygen atoms in total. The smallest absolute Gasteiger partial charge is 0.119 e. The first-order chi connectivity index (χ1) is 6.11. The Morgan fingerprint density at radius 3 is 2.54 bits per heavy atom. The molecule has 1 aromatic rings. The zero-order valence-electron chi connectivity index (χ0n) is 8.55. The zero-order valence-corrected chi connectivity index (χ0v) is 8.55. The molecule has 0 amide bonds. The van der Waals surface area contributed by atoms with E-state index in [9.17, 15) is 0 Å². The van der Waals surface area contributed by atoms with Crippen LogP contribution in [0.5, 0.6) is 5.75 Å². The number of rotatable bonds is 1. The molecule has 1 aliphatic rings. The minimum absolute atomic E-state index is 0.439. The third kappa shape index (κ3) is 1.55. The number of methoxy groups -OCH3 is 1. The maximum Gasteiger partial charge on any atom is 0.119 e. The van der Waals surface area contributed by atoms with Crippen LogP contribution in [0.15, 0.2) is 18.2 Å². The van der Waals surface area contributed by atoms with E-state index in [1.165, 1.54) is 24.0 Å². The van der Waals surface area contributed by atoms with Gasteiger partial charge >= 0.3 is 0 Å². The van der Waals surface area contributed by atoms with Crippen molar-refractivity contribution < 1.29 is 4.74 Å². The van der Waals surface area contributed by atoms with Crippen molar-refractivity contribution in [2.24, 2.45) is 5.41 Å². The predicted molar refractivity (Wildman–Crippen MR) is 54.2 cm³/mol. The Labute approximate surface area is 79.7 Å². The summed E-state index contributed by atoms with van der Waals surface area (Å²) in [6, 6.07) is 6.42. The van der Waals surface area contributed by atoms with Crippen LogP contribution in [0, 0.1) is 5.41 Å². The summed E-state index contributed by atoms with van der Waals surface area (Å²) in [5.41, 5.74) is 3.39. The lowest BCUT2D eigenvalue weighted by Crippen LogP contribution is -2.09. The van der Waals surface area contributed by atoms with Gasteiger partial charge < -0.3 is 4.74 Å². The van der Waals surface area contributed by atoms with Crippen LogP contribution < -0.4 is 4.74 Å². The minimum Gasteiger partial charge on any atom is -0.497 e. The molecule has 0 heterocycles. The molecule has 0 aliphatic heterocycles. The van der Waals surface area contributed by atoms with Gasteiger partial charge in [0.05, 0.1) is 7.11 Å². The van der Waals surface area contributed by atoms with Gasteiger partial charge in [-0.05, 0) is 41.5 Å². The van der Waals surface area contributed by atoms with Crippen LogP contribution in [-0.4, -0.2) is 7.11 Å². The molecule has 1 aliphatic carbocycles. The Bertz CT molecular complexity index is 326. The van der Waals surface area contributed by atoms with E-state index < -0.39 is 0 Å². The van der Waals surface area contributed by atoms with Crippen LogP contribution in [0.4, 0.5) is 0 Å². The fraction of sp³-hybridized carbons (Fsp3) is 0.500. The summed E-state index contributed by atoms with van der Waals surface area (Å²) in [7, 11) is 1.72. The number of hydrogen-bond acceptors (Lipinski definition) is 1. The first-order valence-electron chi connectivity index (χ1n) is 4.76. The molecule has 0 saturated heterocycles. The number of fused-ring (bicyclic) bond motifs is 1. The van der Waals surface area contributed by atoms with E-state index in [1.807, 2.05) is 0 Å². The first kappa shape index (κ1) is 8.61. The van der Waals surface area contributed by atoms with E-state index in [4.69, 9.17) is 4.74 Å². The first-order valence-corrected chi connectivity index (χ1v) is 4.76. The predicted octanol–water partition coefficient (Wildman–Crippen LogP) is 2.82. The van der Waals surface area contributed by atoms with E-state index in [-0.39, 0.29) is 0 Å². The molecule has 0 saturated carbocycles. The fourth-order valence-electron chi connectivity index (χ4n) is 2.16. The van der Waals surface area contributed by atoms with Gasteiger partial charge in [-0.2, -0.15) is 0 Å². The van der Waals surface area contributed by atoms with Gasteiger partial charge in [-0.25, -0.2) is 0 Å². The summed E-state index contributed by atoms with van der Waals surface area (Å²) in [4.78, 5) is 0. The van der Waals surface area contributed by atoms with Crippen molar-refractivity contribution in [3.05, 3.63) is 29.3 Å². The third-order valence-electron chi connectivity index (χ3n) is 2.75. The quantitative estimate of drug-likeness (QED) is 0.639. The van der Waals surface area contributed by atoms with E-state index in [2.05, 4.69) is 32.0 Å². The molecular formula is C12H16O. The molecule has 0 N–H and O–H groups in total. The monoisotopic (exact) mass is 176 g/mol. The number of ether oxygens (including phenoxy) is 1. The van der Waals surface area contributed by atoms with Gasteiger partial charge in [-0.15, -0.1) is 0 Å². The highest BCUT2D eigenvalue weighted by Crippen LogP contribution is 2.37. The van der Waals surface area contributed by atoms with Gasteiger partial charge in [-0.1, -0.05) is 19.9 Å². The molecule has 1 aromatic carbocycles. The van der Waals surface area contributed by atoms with E-state index in [0.29, 0.717) is 5.41 Å². The van der Waals surface area contributed by atoms with Gasteiger partial charge in [0.2, 0.25) is 0 Å². The van der Waals surface area contributed by atoms with Crippen molar-refractivity contribution in [2.45, 2.75) is 26.7 Å². The van der Waals surface area contributed by atoms with Crippen LogP contribution in [0.3, 0.4) is 0 Å². The molecular weight excluding hydrogens is 160 g/mol. The molecule has 0 radical (unpaired) electrons. The normalized spacial score (nSPS) is 18.4. The second-order valence-corrected chi connectivity index (χ2v) is 4.65. The second kappa shape index (κ2) is 2.76. The molecule has 0 aromatic heterocycles. The van der Waals surface area contributed by atoms with Crippen LogP contribution in [0.2, 0.25) is 0 Å². The summed E-state index contributed by atoms with van der Waals surface area (Å²) < 4.78 is 5.21. The van der Waals surface area contributed by atoms with Crippen LogP contribution in [-0.2, 0) is 12.8 Å². The maximum absolute atomic E-state index is 5.21. The van der Waals surface area contributed by atoms with Crippen molar-refractivity contribution in [3.63, 3.8) is 0 Å². The lowest BCUT2D eigenvalue weighted by atomic mass is 9.90. The Balaban J connectivity index is 2.36. The zero-order chi connectivity index (χ0) is 9.47. The molecule has 0 unspecified atom stereocenters. The Kier molecular flexibility index (Phi) is 1.83. The molecule has 70 valence electrons. The Hall–Kier alpha value is -0.980. The third-order valence-corrected chi connectivity index (χ3v) is 2.75.